The second kappa shape index (κ2) is 4.25. The normalized spacial score (nSPS) is 10.2. The fraction of sp³-hybridized carbons (Fsp3) is 0. The fourth-order valence-electron chi connectivity index (χ4n) is 1.58. The number of carboxylic acids is 1. The molecule has 0 atom stereocenters. The quantitative estimate of drug-likeness (QED) is 0.836. The summed E-state index contributed by atoms with van der Waals surface area (Å²) in [5, 5.41) is 18.7. The predicted octanol–water partition coefficient (Wildman–Crippen LogP) is 2.90. The number of rotatable bonds is 2. The minimum absolute atomic E-state index is 0.174. The fourth-order valence-corrected chi connectivity index (χ4v) is 1.58. The van der Waals surface area contributed by atoms with E-state index in [1.165, 1.54) is 36.4 Å². The molecular weight excluding hydrogens is 223 g/mol. The van der Waals surface area contributed by atoms with Gasteiger partial charge in [0.1, 0.15) is 17.1 Å². The van der Waals surface area contributed by atoms with E-state index in [0.717, 1.165) is 0 Å². The molecule has 0 heterocycles. The number of benzene rings is 2. The molecule has 17 heavy (non-hydrogen) atoms. The van der Waals surface area contributed by atoms with Gasteiger partial charge in [0.05, 0.1) is 0 Å². The molecule has 2 rings (SSSR count). The molecule has 0 aliphatic rings. The second-order valence-electron chi connectivity index (χ2n) is 3.51. The lowest BCUT2D eigenvalue weighted by molar-refractivity contribution is 0.0694. The lowest BCUT2D eigenvalue weighted by atomic mass is 10.0. The van der Waals surface area contributed by atoms with Gasteiger partial charge in [-0.1, -0.05) is 24.3 Å². The van der Waals surface area contributed by atoms with E-state index in [1.807, 2.05) is 0 Å². The molecule has 0 bridgehead atoms. The van der Waals surface area contributed by atoms with Crippen LogP contribution in [0.3, 0.4) is 0 Å². The zero-order valence-corrected chi connectivity index (χ0v) is 8.72. The Balaban J connectivity index is 2.56. The van der Waals surface area contributed by atoms with E-state index in [2.05, 4.69) is 0 Å². The first kappa shape index (κ1) is 11.1. The van der Waals surface area contributed by atoms with Gasteiger partial charge in [-0.15, -0.1) is 0 Å². The summed E-state index contributed by atoms with van der Waals surface area (Å²) in [6, 6.07) is 9.89. The molecule has 0 unspecified atom stereocenters. The first-order valence-corrected chi connectivity index (χ1v) is 4.91. The molecule has 0 saturated carbocycles. The van der Waals surface area contributed by atoms with Crippen LogP contribution in [0, 0.1) is 5.82 Å². The number of hydrogen-bond acceptors (Lipinski definition) is 2. The molecule has 3 nitrogen and oxygen atoms in total. The SMILES string of the molecule is O=C(O)c1cccc(-c2ccc(F)cc2)c1O. The number of phenols is 1. The van der Waals surface area contributed by atoms with Crippen LogP contribution in [0.25, 0.3) is 11.1 Å². The number of aromatic carboxylic acids is 1. The Bertz CT molecular complexity index is 561. The summed E-state index contributed by atoms with van der Waals surface area (Å²) < 4.78 is 12.8. The Morgan fingerprint density at radius 2 is 1.71 bits per heavy atom. The van der Waals surface area contributed by atoms with Crippen molar-refractivity contribution in [2.24, 2.45) is 0 Å². The van der Waals surface area contributed by atoms with Gasteiger partial charge < -0.3 is 10.2 Å². The molecule has 0 saturated heterocycles. The third-order valence-corrected chi connectivity index (χ3v) is 2.42. The number of carbonyl (C=O) groups is 1. The van der Waals surface area contributed by atoms with Crippen LogP contribution < -0.4 is 0 Å². The van der Waals surface area contributed by atoms with Crippen molar-refractivity contribution in [1.82, 2.24) is 0 Å². The van der Waals surface area contributed by atoms with E-state index in [0.29, 0.717) is 11.1 Å². The molecule has 0 radical (unpaired) electrons. The molecule has 0 aliphatic heterocycles. The molecular formula is C13H9FO3. The van der Waals surface area contributed by atoms with Crippen molar-refractivity contribution in [3.05, 3.63) is 53.8 Å². The van der Waals surface area contributed by atoms with Crippen molar-refractivity contribution in [3.8, 4) is 16.9 Å². The highest BCUT2D eigenvalue weighted by molar-refractivity contribution is 5.94. The van der Waals surface area contributed by atoms with Gasteiger partial charge in [0.2, 0.25) is 0 Å². The maximum atomic E-state index is 12.8. The van der Waals surface area contributed by atoms with Gasteiger partial charge in [0.15, 0.2) is 0 Å². The first-order chi connectivity index (χ1) is 8.09. The van der Waals surface area contributed by atoms with Gasteiger partial charge in [-0.25, -0.2) is 9.18 Å². The maximum Gasteiger partial charge on any atom is 0.339 e. The van der Waals surface area contributed by atoms with E-state index in [1.54, 1.807) is 6.07 Å². The molecule has 0 amide bonds. The zero-order chi connectivity index (χ0) is 12.4. The lowest BCUT2D eigenvalue weighted by Crippen LogP contribution is -1.97. The molecule has 4 heteroatoms. The van der Waals surface area contributed by atoms with Crippen LogP contribution in [-0.4, -0.2) is 16.2 Å². The number of carboxylic acid groups (broad SMARTS) is 1. The maximum absolute atomic E-state index is 12.8. The average molecular weight is 232 g/mol. The third-order valence-electron chi connectivity index (χ3n) is 2.42. The highest BCUT2D eigenvalue weighted by atomic mass is 19.1. The van der Waals surface area contributed by atoms with E-state index >= 15 is 0 Å². The largest absolute Gasteiger partial charge is 0.506 e. The Kier molecular flexibility index (Phi) is 2.78. The molecule has 0 spiro atoms. The Hall–Kier alpha value is -2.36. The summed E-state index contributed by atoms with van der Waals surface area (Å²) in [6.07, 6.45) is 0. The van der Waals surface area contributed by atoms with Crippen molar-refractivity contribution in [2.45, 2.75) is 0 Å². The van der Waals surface area contributed by atoms with Crippen molar-refractivity contribution < 1.29 is 19.4 Å². The summed E-state index contributed by atoms with van der Waals surface area (Å²) in [5.74, 6) is -1.90. The van der Waals surface area contributed by atoms with Crippen LogP contribution in [0.15, 0.2) is 42.5 Å². The zero-order valence-electron chi connectivity index (χ0n) is 8.72. The lowest BCUT2D eigenvalue weighted by Gasteiger charge is -2.07. The minimum atomic E-state index is -1.20. The van der Waals surface area contributed by atoms with E-state index in [-0.39, 0.29) is 17.1 Å². The predicted molar refractivity (Wildman–Crippen MR) is 60.5 cm³/mol. The monoisotopic (exact) mass is 232 g/mol. The van der Waals surface area contributed by atoms with Gasteiger partial charge in [-0.2, -0.15) is 0 Å². The van der Waals surface area contributed by atoms with Gasteiger partial charge in [-0.05, 0) is 23.8 Å². The molecule has 0 fully saturated rings. The van der Waals surface area contributed by atoms with Crippen LogP contribution in [0.4, 0.5) is 4.39 Å². The van der Waals surface area contributed by atoms with Gasteiger partial charge in [-0.3, -0.25) is 0 Å². The molecule has 2 aromatic carbocycles. The number of halogens is 1. The summed E-state index contributed by atoms with van der Waals surface area (Å²) in [5.41, 5.74) is 0.753. The van der Waals surface area contributed by atoms with Crippen LogP contribution in [0.2, 0.25) is 0 Å². The van der Waals surface area contributed by atoms with Gasteiger partial charge >= 0.3 is 5.97 Å². The highest BCUT2D eigenvalue weighted by Crippen LogP contribution is 2.32. The van der Waals surface area contributed by atoms with Crippen LogP contribution in [-0.2, 0) is 0 Å². The van der Waals surface area contributed by atoms with E-state index in [4.69, 9.17) is 5.11 Å². The molecule has 86 valence electrons. The number of aromatic hydroxyl groups is 1. The van der Waals surface area contributed by atoms with Gasteiger partial charge in [0, 0.05) is 5.56 Å². The first-order valence-electron chi connectivity index (χ1n) is 4.91. The molecule has 2 aromatic rings. The van der Waals surface area contributed by atoms with E-state index < -0.39 is 5.97 Å². The van der Waals surface area contributed by atoms with Crippen molar-refractivity contribution in [2.75, 3.05) is 0 Å². The summed E-state index contributed by atoms with van der Waals surface area (Å²) in [4.78, 5) is 10.8. The van der Waals surface area contributed by atoms with Crippen molar-refractivity contribution in [1.29, 1.82) is 0 Å². The van der Waals surface area contributed by atoms with Crippen molar-refractivity contribution >= 4 is 5.97 Å². The van der Waals surface area contributed by atoms with Gasteiger partial charge in [0.25, 0.3) is 0 Å². The van der Waals surface area contributed by atoms with Crippen LogP contribution in [0.1, 0.15) is 10.4 Å². The Labute approximate surface area is 96.8 Å². The molecule has 2 N–H and O–H groups in total. The van der Waals surface area contributed by atoms with Crippen LogP contribution >= 0.6 is 0 Å². The molecule has 0 aromatic heterocycles. The Morgan fingerprint density at radius 3 is 2.29 bits per heavy atom. The van der Waals surface area contributed by atoms with E-state index in [9.17, 15) is 14.3 Å². The Morgan fingerprint density at radius 1 is 1.06 bits per heavy atom. The topological polar surface area (TPSA) is 57.5 Å². The second-order valence-corrected chi connectivity index (χ2v) is 3.51. The summed E-state index contributed by atoms with van der Waals surface area (Å²) in [6.45, 7) is 0. The molecule has 0 aliphatic carbocycles. The third kappa shape index (κ3) is 2.10. The average Bonchev–Trinajstić information content (AvgIpc) is 2.30. The highest BCUT2D eigenvalue weighted by Gasteiger charge is 2.13. The number of para-hydroxylation sites is 1. The minimum Gasteiger partial charge on any atom is -0.506 e. The van der Waals surface area contributed by atoms with Crippen molar-refractivity contribution in [3.63, 3.8) is 0 Å². The summed E-state index contributed by atoms with van der Waals surface area (Å²) >= 11 is 0. The number of hydrogen-bond donors (Lipinski definition) is 2. The smallest absolute Gasteiger partial charge is 0.339 e. The van der Waals surface area contributed by atoms with Crippen LogP contribution in [0.5, 0.6) is 5.75 Å². The standard InChI is InChI=1S/C13H9FO3/c14-9-6-4-8(5-7-9)10-2-1-3-11(12(10)15)13(16)17/h1-7,15H,(H,16,17). The summed E-state index contributed by atoms with van der Waals surface area (Å²) in [7, 11) is 0.